The van der Waals surface area contributed by atoms with Crippen LogP contribution in [0, 0.1) is 5.92 Å². The number of hydrogen-bond acceptors (Lipinski definition) is 2. The highest BCUT2D eigenvalue weighted by Crippen LogP contribution is 2.04. The van der Waals surface area contributed by atoms with Gasteiger partial charge in [-0.2, -0.15) is 0 Å². The van der Waals surface area contributed by atoms with Crippen LogP contribution in [-0.4, -0.2) is 17.6 Å². The van der Waals surface area contributed by atoms with Gasteiger partial charge in [-0.05, 0) is 18.9 Å². The van der Waals surface area contributed by atoms with Gasteiger partial charge in [0.2, 0.25) is 0 Å². The Morgan fingerprint density at radius 3 is 2.50 bits per heavy atom. The number of aliphatic carboxylic acids is 1. The highest BCUT2D eigenvalue weighted by atomic mass is 35.5. The lowest BCUT2D eigenvalue weighted by Crippen LogP contribution is -2.09. The molecule has 0 aromatic heterocycles. The predicted molar refractivity (Wildman–Crippen MR) is 42.3 cm³/mol. The Bertz CT molecular complexity index is 97.7. The molecule has 0 radical (unpaired) electrons. The minimum atomic E-state index is -0.740. The van der Waals surface area contributed by atoms with Crippen molar-refractivity contribution in [3.8, 4) is 0 Å². The van der Waals surface area contributed by atoms with Crippen LogP contribution in [0.1, 0.15) is 19.8 Å². The fourth-order valence-corrected chi connectivity index (χ4v) is 0.685. The fraction of sp³-hybridized carbons (Fsp3) is 0.833. The molecule has 4 heteroatoms. The molecule has 3 nitrogen and oxygen atoms in total. The van der Waals surface area contributed by atoms with Crippen molar-refractivity contribution in [1.82, 2.24) is 0 Å². The lowest BCUT2D eigenvalue weighted by Gasteiger charge is -2.03. The quantitative estimate of drug-likeness (QED) is 0.653. The molecule has 1 atom stereocenters. The van der Waals surface area contributed by atoms with Crippen molar-refractivity contribution in [1.29, 1.82) is 0 Å². The first kappa shape index (κ1) is 12.4. The largest absolute Gasteiger partial charge is 0.481 e. The van der Waals surface area contributed by atoms with Gasteiger partial charge < -0.3 is 10.8 Å². The Labute approximate surface area is 67.0 Å². The number of carboxylic acid groups (broad SMARTS) is 1. The van der Waals surface area contributed by atoms with Crippen LogP contribution in [0.3, 0.4) is 0 Å². The average molecular weight is 168 g/mol. The van der Waals surface area contributed by atoms with Gasteiger partial charge in [0.25, 0.3) is 0 Å². The van der Waals surface area contributed by atoms with E-state index in [0.717, 1.165) is 6.42 Å². The van der Waals surface area contributed by atoms with Crippen molar-refractivity contribution in [2.45, 2.75) is 19.8 Å². The van der Waals surface area contributed by atoms with E-state index in [-0.39, 0.29) is 24.7 Å². The second-order valence-electron chi connectivity index (χ2n) is 2.28. The summed E-state index contributed by atoms with van der Waals surface area (Å²) in [6.07, 6.45) is 1.03. The van der Waals surface area contributed by atoms with Gasteiger partial charge in [0.15, 0.2) is 0 Å². The van der Waals surface area contributed by atoms with Crippen molar-refractivity contribution >= 4 is 18.4 Å². The van der Waals surface area contributed by atoms with Gasteiger partial charge in [-0.1, -0.05) is 6.92 Å². The molecule has 0 rings (SSSR count). The second-order valence-corrected chi connectivity index (χ2v) is 2.28. The summed E-state index contributed by atoms with van der Waals surface area (Å²) in [6.45, 7) is 2.47. The minimum Gasteiger partial charge on any atom is -0.481 e. The summed E-state index contributed by atoms with van der Waals surface area (Å²) in [7, 11) is 0. The minimum absolute atomic E-state index is 0. The highest BCUT2D eigenvalue weighted by Gasteiger charge is 2.04. The molecule has 1 unspecified atom stereocenters. The molecule has 0 aliphatic heterocycles. The SMILES string of the molecule is CC(CCN)CC(=O)O.Cl. The molecule has 0 saturated carbocycles. The molecular weight excluding hydrogens is 154 g/mol. The number of halogens is 1. The molecule has 0 aliphatic rings. The van der Waals surface area contributed by atoms with Crippen molar-refractivity contribution in [2.24, 2.45) is 11.7 Å². The van der Waals surface area contributed by atoms with Crippen molar-refractivity contribution in [3.05, 3.63) is 0 Å². The van der Waals surface area contributed by atoms with E-state index in [1.54, 1.807) is 0 Å². The summed E-state index contributed by atoms with van der Waals surface area (Å²) in [6, 6.07) is 0. The van der Waals surface area contributed by atoms with Crippen LogP contribution in [0.5, 0.6) is 0 Å². The molecule has 0 aliphatic carbocycles. The van der Waals surface area contributed by atoms with Gasteiger partial charge in [-0.15, -0.1) is 12.4 Å². The number of hydrogen-bond donors (Lipinski definition) is 2. The van der Waals surface area contributed by atoms with Crippen LogP contribution < -0.4 is 5.73 Å². The van der Waals surface area contributed by atoms with Gasteiger partial charge in [-0.3, -0.25) is 4.79 Å². The first-order chi connectivity index (χ1) is 4.16. The van der Waals surface area contributed by atoms with Gasteiger partial charge in [0.05, 0.1) is 0 Å². The number of carbonyl (C=O) groups is 1. The van der Waals surface area contributed by atoms with Gasteiger partial charge in [-0.25, -0.2) is 0 Å². The number of nitrogens with two attached hydrogens (primary N) is 1. The zero-order valence-corrected chi connectivity index (χ0v) is 6.86. The first-order valence-electron chi connectivity index (χ1n) is 3.08. The molecule has 0 aromatic rings. The Morgan fingerprint density at radius 2 is 2.20 bits per heavy atom. The van der Waals surface area contributed by atoms with Crippen LogP contribution in [0.2, 0.25) is 0 Å². The van der Waals surface area contributed by atoms with Crippen molar-refractivity contribution in [3.63, 3.8) is 0 Å². The maximum absolute atomic E-state index is 10.0. The molecular formula is C6H14ClNO2. The molecule has 10 heavy (non-hydrogen) atoms. The Kier molecular flexibility index (Phi) is 8.48. The number of rotatable bonds is 4. The van der Waals surface area contributed by atoms with Crippen LogP contribution in [0.15, 0.2) is 0 Å². The third kappa shape index (κ3) is 7.72. The normalized spacial score (nSPS) is 11.8. The highest BCUT2D eigenvalue weighted by molar-refractivity contribution is 5.85. The smallest absolute Gasteiger partial charge is 0.303 e. The molecule has 0 aromatic carbocycles. The second kappa shape index (κ2) is 6.83. The summed E-state index contributed by atoms with van der Waals surface area (Å²) in [5.74, 6) is -0.525. The molecule has 62 valence electrons. The van der Waals surface area contributed by atoms with Gasteiger partial charge in [0, 0.05) is 6.42 Å². The third-order valence-electron chi connectivity index (χ3n) is 1.18. The first-order valence-corrected chi connectivity index (χ1v) is 3.08. The Morgan fingerprint density at radius 1 is 1.70 bits per heavy atom. The van der Waals surface area contributed by atoms with E-state index in [2.05, 4.69) is 0 Å². The average Bonchev–Trinajstić information content (AvgIpc) is 1.63. The molecule has 0 amide bonds. The monoisotopic (exact) mass is 167 g/mol. The summed E-state index contributed by atoms with van der Waals surface area (Å²) in [5.41, 5.74) is 5.21. The van der Waals surface area contributed by atoms with Crippen LogP contribution in [0.25, 0.3) is 0 Å². The zero-order chi connectivity index (χ0) is 7.28. The molecule has 0 fully saturated rings. The molecule has 0 saturated heterocycles. The predicted octanol–water partition coefficient (Wildman–Crippen LogP) is 0.868. The standard InChI is InChI=1S/C6H13NO2.ClH/c1-5(2-3-7)4-6(8)9;/h5H,2-4,7H2,1H3,(H,8,9);1H. The van der Waals surface area contributed by atoms with E-state index in [9.17, 15) is 4.79 Å². The van der Waals surface area contributed by atoms with E-state index in [0.29, 0.717) is 6.54 Å². The van der Waals surface area contributed by atoms with Crippen LogP contribution in [-0.2, 0) is 4.79 Å². The summed E-state index contributed by atoms with van der Waals surface area (Å²) >= 11 is 0. The number of carboxylic acids is 1. The van der Waals surface area contributed by atoms with E-state index >= 15 is 0 Å². The zero-order valence-electron chi connectivity index (χ0n) is 6.04. The lowest BCUT2D eigenvalue weighted by molar-refractivity contribution is -0.137. The maximum atomic E-state index is 10.0. The molecule has 0 bridgehead atoms. The van der Waals surface area contributed by atoms with Gasteiger partial charge in [0.1, 0.15) is 0 Å². The molecule has 0 spiro atoms. The van der Waals surface area contributed by atoms with E-state index < -0.39 is 5.97 Å². The van der Waals surface area contributed by atoms with E-state index in [1.165, 1.54) is 0 Å². The van der Waals surface area contributed by atoms with Crippen molar-refractivity contribution in [2.75, 3.05) is 6.54 Å². The van der Waals surface area contributed by atoms with E-state index in [4.69, 9.17) is 10.8 Å². The van der Waals surface area contributed by atoms with Crippen LogP contribution in [0.4, 0.5) is 0 Å². The van der Waals surface area contributed by atoms with E-state index in [1.807, 2.05) is 6.92 Å². The summed E-state index contributed by atoms with van der Waals surface area (Å²) in [5, 5.41) is 8.27. The van der Waals surface area contributed by atoms with Crippen LogP contribution >= 0.6 is 12.4 Å². The molecule has 0 heterocycles. The Balaban J connectivity index is 0. The fourth-order valence-electron chi connectivity index (χ4n) is 0.685. The lowest BCUT2D eigenvalue weighted by atomic mass is 10.1. The summed E-state index contributed by atoms with van der Waals surface area (Å²) in [4.78, 5) is 10.0. The van der Waals surface area contributed by atoms with Crippen molar-refractivity contribution < 1.29 is 9.90 Å². The third-order valence-corrected chi connectivity index (χ3v) is 1.18. The molecule has 3 N–H and O–H groups in total. The Hall–Kier alpha value is -0.280. The maximum Gasteiger partial charge on any atom is 0.303 e. The topological polar surface area (TPSA) is 63.3 Å². The van der Waals surface area contributed by atoms with Gasteiger partial charge >= 0.3 is 5.97 Å². The summed E-state index contributed by atoms with van der Waals surface area (Å²) < 4.78 is 0.